The fourth-order valence-electron chi connectivity index (χ4n) is 2.73. The average Bonchev–Trinajstić information content (AvgIpc) is 3.27. The molecule has 2 aromatic rings. The van der Waals surface area contributed by atoms with Gasteiger partial charge in [-0.1, -0.05) is 25.2 Å². The van der Waals surface area contributed by atoms with Gasteiger partial charge in [-0.3, -0.25) is 9.59 Å². The average molecular weight is 448 g/mol. The number of aliphatic imine (C=N–C) groups is 1. The van der Waals surface area contributed by atoms with Gasteiger partial charge in [0.1, 0.15) is 0 Å². The third kappa shape index (κ3) is 4.49. The molecule has 0 aliphatic carbocycles. The Kier molecular flexibility index (Phi) is 6.47. The van der Waals surface area contributed by atoms with Crippen molar-refractivity contribution in [2.75, 3.05) is 14.2 Å². The van der Waals surface area contributed by atoms with E-state index in [4.69, 9.17) is 9.47 Å². The first-order valence-electron chi connectivity index (χ1n) is 8.99. The second-order valence-corrected chi connectivity index (χ2v) is 8.69. The van der Waals surface area contributed by atoms with Gasteiger partial charge in [-0.15, -0.1) is 0 Å². The number of aromatic hydroxyl groups is 1. The van der Waals surface area contributed by atoms with Crippen LogP contribution in [0.2, 0.25) is 0 Å². The van der Waals surface area contributed by atoms with Crippen LogP contribution in [0.4, 0.5) is 5.13 Å². The monoisotopic (exact) mass is 447 g/mol. The van der Waals surface area contributed by atoms with E-state index in [0.717, 1.165) is 11.8 Å². The summed E-state index contributed by atoms with van der Waals surface area (Å²) in [4.78, 5) is 34.1. The molecule has 3 rings (SSSR count). The van der Waals surface area contributed by atoms with Crippen LogP contribution in [-0.4, -0.2) is 41.2 Å². The number of methoxy groups -OCH3 is 2. The molecule has 0 saturated carbocycles. The van der Waals surface area contributed by atoms with Crippen molar-refractivity contribution in [1.82, 2.24) is 10.3 Å². The Bertz CT molecular complexity index is 1050. The molecule has 0 spiro atoms. The number of carbonyl (C=O) groups is 2. The first-order valence-corrected chi connectivity index (χ1v) is 10.6. The summed E-state index contributed by atoms with van der Waals surface area (Å²) in [6, 6.07) is 3.20. The van der Waals surface area contributed by atoms with Crippen LogP contribution in [0.1, 0.15) is 47.6 Å². The number of nitrogens with one attached hydrogen (secondary N) is 1. The summed E-state index contributed by atoms with van der Waals surface area (Å²) in [5, 5.41) is 13.5. The molecule has 1 aliphatic heterocycles. The molecule has 1 aliphatic rings. The number of amides is 1. The summed E-state index contributed by atoms with van der Waals surface area (Å²) in [5.41, 5.74) is 1.33. The van der Waals surface area contributed by atoms with E-state index in [1.807, 2.05) is 13.8 Å². The van der Waals surface area contributed by atoms with Gasteiger partial charge < -0.3 is 19.9 Å². The molecular formula is C20H21N3O5S2. The maximum absolute atomic E-state index is 12.4. The molecule has 2 heterocycles. The van der Waals surface area contributed by atoms with Gasteiger partial charge in [0, 0.05) is 6.92 Å². The van der Waals surface area contributed by atoms with E-state index in [0.29, 0.717) is 31.3 Å². The second-order valence-electron chi connectivity index (χ2n) is 6.68. The lowest BCUT2D eigenvalue weighted by atomic mass is 10.1. The van der Waals surface area contributed by atoms with Gasteiger partial charge in [0.2, 0.25) is 10.9 Å². The zero-order valence-corrected chi connectivity index (χ0v) is 18.7. The Morgan fingerprint density at radius 3 is 2.40 bits per heavy atom. The molecule has 1 amide bonds. The fraction of sp³-hybridized carbons (Fsp3) is 0.300. The summed E-state index contributed by atoms with van der Waals surface area (Å²) in [7, 11) is 2.86. The van der Waals surface area contributed by atoms with Crippen molar-refractivity contribution in [3.05, 3.63) is 33.2 Å². The van der Waals surface area contributed by atoms with Gasteiger partial charge in [-0.25, -0.2) is 4.98 Å². The number of hydrogen-bond acceptors (Lipinski definition) is 9. The summed E-state index contributed by atoms with van der Waals surface area (Å²) in [6.45, 7) is 5.43. The zero-order chi connectivity index (χ0) is 22.0. The van der Waals surface area contributed by atoms with Gasteiger partial charge in [0.15, 0.2) is 22.4 Å². The number of phenols is 1. The third-order valence-electron chi connectivity index (χ3n) is 4.16. The lowest BCUT2D eigenvalue weighted by Crippen LogP contribution is -2.19. The van der Waals surface area contributed by atoms with Crippen LogP contribution in [0.5, 0.6) is 17.2 Å². The van der Waals surface area contributed by atoms with Gasteiger partial charge in [0.05, 0.1) is 29.7 Å². The molecule has 0 atom stereocenters. The Hall–Kier alpha value is -2.85. The van der Waals surface area contributed by atoms with Crippen molar-refractivity contribution in [3.63, 3.8) is 0 Å². The quantitative estimate of drug-likeness (QED) is 0.507. The first-order chi connectivity index (χ1) is 14.2. The molecule has 2 N–H and O–H groups in total. The molecule has 10 heteroatoms. The van der Waals surface area contributed by atoms with Gasteiger partial charge in [-0.05, 0) is 41.5 Å². The van der Waals surface area contributed by atoms with E-state index in [9.17, 15) is 14.7 Å². The van der Waals surface area contributed by atoms with Gasteiger partial charge in [-0.2, -0.15) is 4.99 Å². The zero-order valence-electron chi connectivity index (χ0n) is 17.1. The number of ketones is 1. The molecule has 0 bridgehead atoms. The Morgan fingerprint density at radius 2 is 1.90 bits per heavy atom. The highest BCUT2D eigenvalue weighted by atomic mass is 32.2. The number of hydrogen-bond donors (Lipinski definition) is 2. The van der Waals surface area contributed by atoms with Crippen LogP contribution in [-0.2, 0) is 4.79 Å². The molecule has 1 saturated heterocycles. The molecule has 1 aromatic heterocycles. The summed E-state index contributed by atoms with van der Waals surface area (Å²) >= 11 is 2.37. The molecule has 0 radical (unpaired) electrons. The number of rotatable bonds is 6. The van der Waals surface area contributed by atoms with Crippen LogP contribution in [0, 0.1) is 0 Å². The maximum atomic E-state index is 12.4. The van der Waals surface area contributed by atoms with Gasteiger partial charge in [0.25, 0.3) is 5.91 Å². The van der Waals surface area contributed by atoms with Crippen molar-refractivity contribution in [3.8, 4) is 17.2 Å². The molecule has 1 fully saturated rings. The minimum atomic E-state index is -0.308. The van der Waals surface area contributed by atoms with Crippen LogP contribution in [0.15, 0.2) is 22.0 Å². The number of ether oxygens (including phenoxy) is 2. The topological polar surface area (TPSA) is 110 Å². The van der Waals surface area contributed by atoms with Crippen molar-refractivity contribution in [2.45, 2.75) is 26.7 Å². The molecule has 8 nitrogen and oxygen atoms in total. The van der Waals surface area contributed by atoms with Crippen LogP contribution < -0.4 is 14.8 Å². The Morgan fingerprint density at radius 1 is 1.27 bits per heavy atom. The number of nitrogens with zero attached hydrogens (tertiary/aromatic N) is 2. The van der Waals surface area contributed by atoms with E-state index in [1.54, 1.807) is 18.2 Å². The lowest BCUT2D eigenvalue weighted by molar-refractivity contribution is -0.115. The molecular weight excluding hydrogens is 426 g/mol. The normalized spacial score (nSPS) is 16.4. The van der Waals surface area contributed by atoms with E-state index in [2.05, 4.69) is 15.3 Å². The smallest absolute Gasteiger partial charge is 0.264 e. The van der Waals surface area contributed by atoms with E-state index in [-0.39, 0.29) is 34.9 Å². The molecule has 1 aromatic carbocycles. The number of benzene rings is 1. The van der Waals surface area contributed by atoms with Crippen molar-refractivity contribution in [1.29, 1.82) is 0 Å². The van der Waals surface area contributed by atoms with Gasteiger partial charge >= 0.3 is 0 Å². The number of Topliss-reactive ketones (excluding diaryl/α,β-unsaturated/α-hetero) is 1. The Labute approximate surface area is 182 Å². The molecule has 30 heavy (non-hydrogen) atoms. The van der Waals surface area contributed by atoms with Crippen LogP contribution in [0.25, 0.3) is 6.08 Å². The number of carbonyl (C=O) groups excluding carboxylic acids is 2. The third-order valence-corrected chi connectivity index (χ3v) is 6.13. The lowest BCUT2D eigenvalue weighted by Gasteiger charge is -2.09. The maximum Gasteiger partial charge on any atom is 0.264 e. The molecule has 0 unspecified atom stereocenters. The van der Waals surface area contributed by atoms with E-state index < -0.39 is 0 Å². The van der Waals surface area contributed by atoms with Crippen molar-refractivity contribution >= 4 is 51.2 Å². The predicted octanol–water partition coefficient (Wildman–Crippen LogP) is 4.08. The minimum absolute atomic E-state index is 0.0541. The SMILES string of the molecule is COc1cc(/C=C2\SC(=Nc3nc(C(C)C)c(C(C)=O)s3)NC2=O)cc(OC)c1O. The highest BCUT2D eigenvalue weighted by Crippen LogP contribution is 2.39. The number of phenolic OH excluding ortho intramolecular Hbond substituents is 1. The second kappa shape index (κ2) is 8.88. The Balaban J connectivity index is 1.90. The minimum Gasteiger partial charge on any atom is -0.502 e. The summed E-state index contributed by atoms with van der Waals surface area (Å²) < 4.78 is 10.3. The highest BCUT2D eigenvalue weighted by Gasteiger charge is 2.25. The molecule has 158 valence electrons. The van der Waals surface area contributed by atoms with E-state index >= 15 is 0 Å². The predicted molar refractivity (Wildman–Crippen MR) is 118 cm³/mol. The fourth-order valence-corrected chi connectivity index (χ4v) is 4.60. The largest absolute Gasteiger partial charge is 0.502 e. The first kappa shape index (κ1) is 21.8. The summed E-state index contributed by atoms with van der Waals surface area (Å²) in [5.74, 6) is 0.0889. The van der Waals surface area contributed by atoms with E-state index in [1.165, 1.54) is 32.5 Å². The number of thioether (sulfide) groups is 1. The number of aromatic nitrogens is 1. The van der Waals surface area contributed by atoms with Crippen LogP contribution in [0.3, 0.4) is 0 Å². The summed E-state index contributed by atoms with van der Waals surface area (Å²) in [6.07, 6.45) is 1.65. The highest BCUT2D eigenvalue weighted by molar-refractivity contribution is 8.18. The van der Waals surface area contributed by atoms with Crippen molar-refractivity contribution < 1.29 is 24.2 Å². The number of thiazole rings is 1. The number of amidine groups is 1. The standard InChI is InChI=1S/C20H21N3O5S2/c1-9(2)15-17(10(3)24)30-19(21-15)23-20-22-18(26)14(29-20)8-11-6-12(27-4)16(25)13(7-11)28-5/h6-9,25H,1-5H3,(H,21,22,23,26)/b14-8-. The van der Waals surface area contributed by atoms with Crippen molar-refractivity contribution in [2.24, 2.45) is 4.99 Å². The van der Waals surface area contributed by atoms with Crippen LogP contribution >= 0.6 is 23.1 Å².